The number of nitrogen functional groups attached to an aromatic ring is 1. The molecule has 0 saturated heterocycles. The van der Waals surface area contributed by atoms with Gasteiger partial charge in [-0.3, -0.25) is 4.79 Å². The number of nitrogens with two attached hydrogens (primary N) is 1. The number of carbonyl (C=O) groups excluding carboxylic acids is 1. The van der Waals surface area contributed by atoms with E-state index in [0.717, 1.165) is 23.3 Å². The van der Waals surface area contributed by atoms with E-state index in [-0.39, 0.29) is 12.5 Å². The lowest BCUT2D eigenvalue weighted by Gasteiger charge is -2.07. The highest BCUT2D eigenvalue weighted by atomic mass is 16.5. The smallest absolute Gasteiger partial charge is 0.326 e. The van der Waals surface area contributed by atoms with Gasteiger partial charge in [0.05, 0.1) is 17.6 Å². The second-order valence-corrected chi connectivity index (χ2v) is 4.02. The monoisotopic (exact) mass is 247 g/mol. The Morgan fingerprint density at radius 1 is 1.44 bits per heavy atom. The van der Waals surface area contributed by atoms with Crippen LogP contribution in [0.4, 0.5) is 5.69 Å². The fourth-order valence-corrected chi connectivity index (χ4v) is 1.98. The van der Waals surface area contributed by atoms with Gasteiger partial charge in [0.15, 0.2) is 0 Å². The van der Waals surface area contributed by atoms with Crippen LogP contribution in [-0.4, -0.2) is 22.1 Å². The second kappa shape index (κ2) is 5.08. The van der Waals surface area contributed by atoms with Crippen molar-refractivity contribution >= 4 is 22.7 Å². The standard InChI is InChI=1S/C13H17N3O2/c1-3-12-15-10-7-9(14)5-6-11(10)16(12)8-13(17)18-4-2/h5-7H,3-4,8,14H2,1-2H3. The summed E-state index contributed by atoms with van der Waals surface area (Å²) >= 11 is 0. The summed E-state index contributed by atoms with van der Waals surface area (Å²) in [6, 6.07) is 5.51. The molecule has 0 aliphatic heterocycles. The third-order valence-corrected chi connectivity index (χ3v) is 2.76. The summed E-state index contributed by atoms with van der Waals surface area (Å²) in [6.45, 7) is 4.38. The third kappa shape index (κ3) is 2.30. The van der Waals surface area contributed by atoms with E-state index in [1.54, 1.807) is 6.92 Å². The van der Waals surface area contributed by atoms with Crippen LogP contribution >= 0.6 is 0 Å². The number of aromatic nitrogens is 2. The molecule has 0 aliphatic rings. The predicted molar refractivity (Wildman–Crippen MR) is 70.2 cm³/mol. The van der Waals surface area contributed by atoms with Crippen molar-refractivity contribution in [3.05, 3.63) is 24.0 Å². The van der Waals surface area contributed by atoms with Gasteiger partial charge in [0.2, 0.25) is 0 Å². The largest absolute Gasteiger partial charge is 0.465 e. The molecule has 0 unspecified atom stereocenters. The van der Waals surface area contributed by atoms with Gasteiger partial charge in [0, 0.05) is 12.1 Å². The fraction of sp³-hybridized carbons (Fsp3) is 0.385. The molecule has 2 N–H and O–H groups in total. The topological polar surface area (TPSA) is 70.1 Å². The minimum atomic E-state index is -0.247. The Kier molecular flexibility index (Phi) is 3.50. The maximum absolute atomic E-state index is 11.6. The average Bonchev–Trinajstić information content (AvgIpc) is 2.66. The number of fused-ring (bicyclic) bond motifs is 1. The molecule has 5 heteroatoms. The minimum Gasteiger partial charge on any atom is -0.465 e. The SMILES string of the molecule is CCOC(=O)Cn1c(CC)nc2cc(N)ccc21. The van der Waals surface area contributed by atoms with Crippen molar-refractivity contribution in [2.45, 2.75) is 26.8 Å². The molecule has 96 valence electrons. The van der Waals surface area contributed by atoms with Crippen molar-refractivity contribution < 1.29 is 9.53 Å². The van der Waals surface area contributed by atoms with E-state index in [4.69, 9.17) is 10.5 Å². The van der Waals surface area contributed by atoms with E-state index in [9.17, 15) is 4.79 Å². The second-order valence-electron chi connectivity index (χ2n) is 4.02. The van der Waals surface area contributed by atoms with Crippen LogP contribution in [0.1, 0.15) is 19.7 Å². The van der Waals surface area contributed by atoms with Crippen molar-refractivity contribution in [2.24, 2.45) is 0 Å². The third-order valence-electron chi connectivity index (χ3n) is 2.76. The maximum atomic E-state index is 11.6. The van der Waals surface area contributed by atoms with Gasteiger partial charge in [-0.25, -0.2) is 4.98 Å². The predicted octanol–water partition coefficient (Wildman–Crippen LogP) is 1.74. The summed E-state index contributed by atoms with van der Waals surface area (Å²) < 4.78 is 6.86. The van der Waals surface area contributed by atoms with Crippen molar-refractivity contribution in [3.63, 3.8) is 0 Å². The summed E-state index contributed by atoms with van der Waals surface area (Å²) in [5, 5.41) is 0. The van der Waals surface area contributed by atoms with Gasteiger partial charge in [-0.15, -0.1) is 0 Å². The number of hydrogen-bond acceptors (Lipinski definition) is 4. The Hall–Kier alpha value is -2.04. The van der Waals surface area contributed by atoms with Crippen LogP contribution in [-0.2, 0) is 22.5 Å². The van der Waals surface area contributed by atoms with Gasteiger partial charge in [0.25, 0.3) is 0 Å². The van der Waals surface area contributed by atoms with Crippen molar-refractivity contribution in [1.29, 1.82) is 0 Å². The van der Waals surface area contributed by atoms with Gasteiger partial charge in [-0.2, -0.15) is 0 Å². The lowest BCUT2D eigenvalue weighted by Crippen LogP contribution is -2.15. The average molecular weight is 247 g/mol. The zero-order chi connectivity index (χ0) is 13.1. The number of hydrogen-bond donors (Lipinski definition) is 1. The van der Waals surface area contributed by atoms with Crippen LogP contribution in [0.25, 0.3) is 11.0 Å². The number of nitrogens with zero attached hydrogens (tertiary/aromatic N) is 2. The van der Waals surface area contributed by atoms with E-state index in [0.29, 0.717) is 12.3 Å². The van der Waals surface area contributed by atoms with E-state index in [1.165, 1.54) is 0 Å². The zero-order valence-corrected chi connectivity index (χ0v) is 10.6. The highest BCUT2D eigenvalue weighted by molar-refractivity contribution is 5.81. The molecule has 0 bridgehead atoms. The molecule has 1 aromatic carbocycles. The number of esters is 1. The van der Waals surface area contributed by atoms with Gasteiger partial charge < -0.3 is 15.0 Å². The van der Waals surface area contributed by atoms with Crippen LogP contribution in [0.5, 0.6) is 0 Å². The van der Waals surface area contributed by atoms with Gasteiger partial charge in [-0.05, 0) is 25.1 Å². The van der Waals surface area contributed by atoms with Crippen LogP contribution in [0.2, 0.25) is 0 Å². The Morgan fingerprint density at radius 2 is 2.22 bits per heavy atom. The molecule has 0 aliphatic carbocycles. The van der Waals surface area contributed by atoms with Gasteiger partial charge >= 0.3 is 5.97 Å². The molecule has 18 heavy (non-hydrogen) atoms. The number of rotatable bonds is 4. The number of anilines is 1. The number of carbonyl (C=O) groups is 1. The summed E-state index contributed by atoms with van der Waals surface area (Å²) in [5.41, 5.74) is 8.13. The first kappa shape index (κ1) is 12.4. The van der Waals surface area contributed by atoms with Crippen LogP contribution < -0.4 is 5.73 Å². The molecule has 0 spiro atoms. The molecule has 0 atom stereocenters. The first-order chi connectivity index (χ1) is 8.65. The number of benzene rings is 1. The molecule has 0 amide bonds. The summed E-state index contributed by atoms with van der Waals surface area (Å²) in [5.74, 6) is 0.618. The Balaban J connectivity index is 2.43. The van der Waals surface area contributed by atoms with E-state index in [2.05, 4.69) is 4.98 Å². The first-order valence-electron chi connectivity index (χ1n) is 6.06. The molecular weight excluding hydrogens is 230 g/mol. The number of aryl methyl sites for hydroxylation is 1. The Bertz CT molecular complexity index is 575. The zero-order valence-electron chi connectivity index (χ0n) is 10.6. The molecule has 5 nitrogen and oxygen atoms in total. The molecular formula is C13H17N3O2. The molecule has 0 fully saturated rings. The molecule has 0 saturated carbocycles. The Morgan fingerprint density at radius 3 is 2.89 bits per heavy atom. The quantitative estimate of drug-likeness (QED) is 0.660. The summed E-state index contributed by atoms with van der Waals surface area (Å²) in [7, 11) is 0. The molecule has 2 aromatic rings. The summed E-state index contributed by atoms with van der Waals surface area (Å²) in [4.78, 5) is 16.1. The number of imidazole rings is 1. The lowest BCUT2D eigenvalue weighted by atomic mass is 10.3. The van der Waals surface area contributed by atoms with E-state index in [1.807, 2.05) is 29.7 Å². The normalized spacial score (nSPS) is 10.8. The number of ether oxygens (including phenoxy) is 1. The van der Waals surface area contributed by atoms with Crippen molar-refractivity contribution in [3.8, 4) is 0 Å². The molecule has 0 radical (unpaired) electrons. The molecule has 1 aromatic heterocycles. The highest BCUT2D eigenvalue weighted by Crippen LogP contribution is 2.19. The summed E-state index contributed by atoms with van der Waals surface area (Å²) in [6.07, 6.45) is 0.758. The van der Waals surface area contributed by atoms with Crippen LogP contribution in [0.3, 0.4) is 0 Å². The van der Waals surface area contributed by atoms with Gasteiger partial charge in [-0.1, -0.05) is 6.92 Å². The van der Waals surface area contributed by atoms with Crippen LogP contribution in [0, 0.1) is 0 Å². The first-order valence-corrected chi connectivity index (χ1v) is 6.06. The highest BCUT2D eigenvalue weighted by Gasteiger charge is 2.13. The molecule has 1 heterocycles. The Labute approximate surface area is 106 Å². The van der Waals surface area contributed by atoms with E-state index < -0.39 is 0 Å². The van der Waals surface area contributed by atoms with Crippen LogP contribution in [0.15, 0.2) is 18.2 Å². The molecule has 2 rings (SSSR count). The maximum Gasteiger partial charge on any atom is 0.326 e. The van der Waals surface area contributed by atoms with Gasteiger partial charge in [0.1, 0.15) is 12.4 Å². The lowest BCUT2D eigenvalue weighted by molar-refractivity contribution is -0.143. The fourth-order valence-electron chi connectivity index (χ4n) is 1.98. The van der Waals surface area contributed by atoms with E-state index >= 15 is 0 Å². The van der Waals surface area contributed by atoms with Crippen molar-refractivity contribution in [2.75, 3.05) is 12.3 Å². The van der Waals surface area contributed by atoms with Crippen molar-refractivity contribution in [1.82, 2.24) is 9.55 Å². The minimum absolute atomic E-state index is 0.192.